The van der Waals surface area contributed by atoms with E-state index in [1.165, 1.54) is 0 Å². The molecule has 0 radical (unpaired) electrons. The number of furan rings is 1. The van der Waals surface area contributed by atoms with Crippen LogP contribution in [-0.2, 0) is 6.42 Å². The van der Waals surface area contributed by atoms with Gasteiger partial charge in [-0.3, -0.25) is 4.79 Å². The Morgan fingerprint density at radius 3 is 2.89 bits per heavy atom. The van der Waals surface area contributed by atoms with E-state index in [-0.39, 0.29) is 23.7 Å². The minimum absolute atomic E-state index is 0.0188. The SMILES string of the molecule is Cc1[nH]c2c(c1C(=O)O)C(=O)CC(c1ccco1)C2. The number of carboxylic acid groups (broad SMARTS) is 1. The lowest BCUT2D eigenvalue weighted by Gasteiger charge is -2.19. The quantitative estimate of drug-likeness (QED) is 0.868. The number of aryl methyl sites for hydroxylation is 1. The predicted octanol–water partition coefficient (Wildman–Crippen LogP) is 2.53. The van der Waals surface area contributed by atoms with Crippen LogP contribution in [0, 0.1) is 6.92 Å². The number of nitrogens with one attached hydrogen (secondary N) is 1. The molecular formula is C14H13NO4. The first-order valence-corrected chi connectivity index (χ1v) is 6.09. The van der Waals surface area contributed by atoms with Gasteiger partial charge < -0.3 is 14.5 Å². The van der Waals surface area contributed by atoms with Gasteiger partial charge in [-0.25, -0.2) is 4.79 Å². The molecule has 1 atom stereocenters. The van der Waals surface area contributed by atoms with Crippen LogP contribution in [0.3, 0.4) is 0 Å². The zero-order valence-electron chi connectivity index (χ0n) is 10.4. The van der Waals surface area contributed by atoms with E-state index in [0.29, 0.717) is 23.4 Å². The van der Waals surface area contributed by atoms with Crippen LogP contribution >= 0.6 is 0 Å². The second-order valence-corrected chi connectivity index (χ2v) is 4.83. The van der Waals surface area contributed by atoms with E-state index in [1.807, 2.05) is 6.07 Å². The van der Waals surface area contributed by atoms with Crippen molar-refractivity contribution in [2.45, 2.75) is 25.7 Å². The van der Waals surface area contributed by atoms with Crippen LogP contribution in [-0.4, -0.2) is 21.8 Å². The maximum absolute atomic E-state index is 12.2. The van der Waals surface area contributed by atoms with Gasteiger partial charge in [0.05, 0.1) is 17.4 Å². The molecule has 1 unspecified atom stereocenters. The molecule has 5 nitrogen and oxygen atoms in total. The fourth-order valence-electron chi connectivity index (χ4n) is 2.79. The molecule has 2 heterocycles. The van der Waals surface area contributed by atoms with E-state index in [4.69, 9.17) is 4.42 Å². The van der Waals surface area contributed by atoms with Gasteiger partial charge in [0.1, 0.15) is 5.76 Å². The third-order valence-corrected chi connectivity index (χ3v) is 3.59. The van der Waals surface area contributed by atoms with Gasteiger partial charge in [-0.05, 0) is 25.5 Å². The molecule has 19 heavy (non-hydrogen) atoms. The minimum atomic E-state index is -1.06. The predicted molar refractivity (Wildman–Crippen MR) is 66.6 cm³/mol. The first kappa shape index (κ1) is 11.8. The standard InChI is InChI=1S/C14H13NO4/c1-7-12(14(17)18)13-9(15-7)5-8(6-10(13)16)11-3-2-4-19-11/h2-4,8,15H,5-6H2,1H3,(H,17,18). The topological polar surface area (TPSA) is 83.3 Å². The maximum atomic E-state index is 12.2. The molecule has 2 aromatic rings. The number of H-pyrrole nitrogens is 1. The minimum Gasteiger partial charge on any atom is -0.478 e. The summed E-state index contributed by atoms with van der Waals surface area (Å²) in [6.07, 6.45) is 2.47. The second-order valence-electron chi connectivity index (χ2n) is 4.83. The van der Waals surface area contributed by atoms with Gasteiger partial charge in [0, 0.05) is 23.7 Å². The summed E-state index contributed by atoms with van der Waals surface area (Å²) in [5, 5.41) is 9.19. The van der Waals surface area contributed by atoms with Crippen LogP contribution < -0.4 is 0 Å². The number of ketones is 1. The average Bonchev–Trinajstić information content (AvgIpc) is 2.94. The summed E-state index contributed by atoms with van der Waals surface area (Å²) in [6, 6.07) is 3.63. The lowest BCUT2D eigenvalue weighted by atomic mass is 9.84. The molecule has 5 heteroatoms. The number of Topliss-reactive ketones (excluding diaryl/α,β-unsaturated/α-hetero) is 1. The maximum Gasteiger partial charge on any atom is 0.338 e. The molecule has 3 rings (SSSR count). The average molecular weight is 259 g/mol. The number of carbonyl (C=O) groups excluding carboxylic acids is 1. The zero-order valence-corrected chi connectivity index (χ0v) is 10.4. The second kappa shape index (κ2) is 4.12. The lowest BCUT2D eigenvalue weighted by molar-refractivity contribution is 0.0690. The summed E-state index contributed by atoms with van der Waals surface area (Å²) in [7, 11) is 0. The fraction of sp³-hybridized carbons (Fsp3) is 0.286. The summed E-state index contributed by atoms with van der Waals surface area (Å²) in [4.78, 5) is 26.5. The number of fused-ring (bicyclic) bond motifs is 1. The molecule has 1 aliphatic rings. The zero-order chi connectivity index (χ0) is 13.6. The Morgan fingerprint density at radius 1 is 1.47 bits per heavy atom. The van der Waals surface area contributed by atoms with Crippen molar-refractivity contribution in [3.05, 3.63) is 46.7 Å². The highest BCUT2D eigenvalue weighted by Crippen LogP contribution is 2.35. The summed E-state index contributed by atoms with van der Waals surface area (Å²) < 4.78 is 5.34. The molecule has 1 aliphatic carbocycles. The van der Waals surface area contributed by atoms with Crippen LogP contribution in [0.15, 0.2) is 22.8 Å². The highest BCUT2D eigenvalue weighted by Gasteiger charge is 2.34. The molecule has 0 bridgehead atoms. The van der Waals surface area contributed by atoms with Crippen LogP contribution in [0.1, 0.15) is 50.2 Å². The fourth-order valence-corrected chi connectivity index (χ4v) is 2.79. The highest BCUT2D eigenvalue weighted by atomic mass is 16.4. The van der Waals surface area contributed by atoms with Gasteiger partial charge in [-0.2, -0.15) is 0 Å². The molecule has 0 aromatic carbocycles. The Hall–Kier alpha value is -2.30. The van der Waals surface area contributed by atoms with E-state index in [9.17, 15) is 14.7 Å². The van der Waals surface area contributed by atoms with Crippen molar-refractivity contribution >= 4 is 11.8 Å². The Labute approximate surface area is 109 Å². The van der Waals surface area contributed by atoms with Crippen LogP contribution in [0.5, 0.6) is 0 Å². The third-order valence-electron chi connectivity index (χ3n) is 3.59. The molecule has 0 spiro atoms. The number of rotatable bonds is 2. The lowest BCUT2D eigenvalue weighted by Crippen LogP contribution is -2.19. The van der Waals surface area contributed by atoms with Gasteiger partial charge in [0.15, 0.2) is 5.78 Å². The molecule has 2 N–H and O–H groups in total. The molecule has 2 aromatic heterocycles. The van der Waals surface area contributed by atoms with E-state index in [0.717, 1.165) is 5.76 Å². The van der Waals surface area contributed by atoms with E-state index in [1.54, 1.807) is 19.3 Å². The molecule has 0 fully saturated rings. The Balaban J connectivity index is 2.05. The first-order chi connectivity index (χ1) is 9.08. The number of hydrogen-bond acceptors (Lipinski definition) is 3. The first-order valence-electron chi connectivity index (χ1n) is 6.09. The number of hydrogen-bond donors (Lipinski definition) is 2. The van der Waals surface area contributed by atoms with Gasteiger partial charge in [-0.1, -0.05) is 0 Å². The van der Waals surface area contributed by atoms with Crippen molar-refractivity contribution in [2.75, 3.05) is 0 Å². The largest absolute Gasteiger partial charge is 0.478 e. The summed E-state index contributed by atoms with van der Waals surface area (Å²) in [5.74, 6) is -0.443. The van der Waals surface area contributed by atoms with E-state index in [2.05, 4.69) is 4.98 Å². The van der Waals surface area contributed by atoms with Crippen molar-refractivity contribution < 1.29 is 19.1 Å². The molecule has 0 saturated carbocycles. The Bertz CT molecular complexity index is 651. The molecule has 98 valence electrons. The van der Waals surface area contributed by atoms with Gasteiger partial charge in [-0.15, -0.1) is 0 Å². The Kier molecular flexibility index (Phi) is 2.55. The summed E-state index contributed by atoms with van der Waals surface area (Å²) >= 11 is 0. The molecule has 0 saturated heterocycles. The molecular weight excluding hydrogens is 246 g/mol. The monoisotopic (exact) mass is 259 g/mol. The normalized spacial score (nSPS) is 18.4. The Morgan fingerprint density at radius 2 is 2.26 bits per heavy atom. The number of carboxylic acids is 1. The van der Waals surface area contributed by atoms with E-state index < -0.39 is 5.97 Å². The molecule has 0 amide bonds. The van der Waals surface area contributed by atoms with Crippen molar-refractivity contribution in [1.29, 1.82) is 0 Å². The molecule has 0 aliphatic heterocycles. The van der Waals surface area contributed by atoms with Gasteiger partial charge in [0.2, 0.25) is 0 Å². The van der Waals surface area contributed by atoms with Crippen molar-refractivity contribution in [1.82, 2.24) is 4.98 Å². The van der Waals surface area contributed by atoms with Crippen molar-refractivity contribution in [3.63, 3.8) is 0 Å². The number of aromatic carboxylic acids is 1. The van der Waals surface area contributed by atoms with E-state index >= 15 is 0 Å². The van der Waals surface area contributed by atoms with Crippen LogP contribution in [0.2, 0.25) is 0 Å². The third kappa shape index (κ3) is 1.78. The number of aromatic amines is 1. The number of carbonyl (C=O) groups is 2. The number of aromatic nitrogens is 1. The van der Waals surface area contributed by atoms with Crippen LogP contribution in [0.25, 0.3) is 0 Å². The van der Waals surface area contributed by atoms with Gasteiger partial charge >= 0.3 is 5.97 Å². The summed E-state index contributed by atoms with van der Waals surface area (Å²) in [6.45, 7) is 1.68. The van der Waals surface area contributed by atoms with Crippen LogP contribution in [0.4, 0.5) is 0 Å². The smallest absolute Gasteiger partial charge is 0.338 e. The van der Waals surface area contributed by atoms with Crippen molar-refractivity contribution in [3.8, 4) is 0 Å². The van der Waals surface area contributed by atoms with Crippen molar-refractivity contribution in [2.24, 2.45) is 0 Å². The summed E-state index contributed by atoms with van der Waals surface area (Å²) in [5.41, 5.74) is 1.68. The highest BCUT2D eigenvalue weighted by molar-refractivity contribution is 6.08. The van der Waals surface area contributed by atoms with Gasteiger partial charge in [0.25, 0.3) is 0 Å².